The number of nitrogens with one attached hydrogen (secondary N) is 2. The van der Waals surface area contributed by atoms with Crippen LogP contribution in [0.1, 0.15) is 5.56 Å². The zero-order valence-electron chi connectivity index (χ0n) is 15.3. The molecule has 1 heterocycles. The summed E-state index contributed by atoms with van der Waals surface area (Å²) in [5, 5.41) is 0.416. The van der Waals surface area contributed by atoms with E-state index in [9.17, 15) is 27.6 Å². The fourth-order valence-corrected chi connectivity index (χ4v) is 2.87. The minimum absolute atomic E-state index is 0.145. The molecule has 3 rings (SSSR count). The van der Waals surface area contributed by atoms with Crippen molar-refractivity contribution in [1.29, 1.82) is 0 Å². The number of para-hydroxylation sites is 1. The molecule has 0 aliphatic heterocycles. The number of alkyl halides is 3. The number of fused-ring (bicyclic) bond motifs is 1. The van der Waals surface area contributed by atoms with Crippen molar-refractivity contribution in [3.8, 4) is 5.75 Å². The van der Waals surface area contributed by atoms with E-state index in [-0.39, 0.29) is 31.0 Å². The highest BCUT2D eigenvalue weighted by Gasteiger charge is 2.42. The number of aromatic nitrogens is 2. The quantitative estimate of drug-likeness (QED) is 0.575. The molecule has 158 valence electrons. The van der Waals surface area contributed by atoms with Crippen LogP contribution in [-0.4, -0.2) is 40.1 Å². The normalized spacial score (nSPS) is 11.5. The fourth-order valence-electron chi connectivity index (χ4n) is 2.74. The number of amides is 1. The molecule has 0 spiro atoms. The zero-order chi connectivity index (χ0) is 21.9. The van der Waals surface area contributed by atoms with E-state index in [1.165, 1.54) is 42.5 Å². The van der Waals surface area contributed by atoms with E-state index in [2.05, 4.69) is 9.97 Å². The summed E-state index contributed by atoms with van der Waals surface area (Å²) in [6, 6.07) is 10.6. The first-order valence-corrected chi connectivity index (χ1v) is 9.01. The molecule has 0 fully saturated rings. The molecule has 30 heavy (non-hydrogen) atoms. The first-order chi connectivity index (χ1) is 14.1. The van der Waals surface area contributed by atoms with E-state index in [1.54, 1.807) is 0 Å². The van der Waals surface area contributed by atoms with Gasteiger partial charge in [-0.05, 0) is 29.8 Å². The van der Waals surface area contributed by atoms with Gasteiger partial charge in [0.1, 0.15) is 17.9 Å². The predicted molar refractivity (Wildman–Crippen MR) is 104 cm³/mol. The van der Waals surface area contributed by atoms with Gasteiger partial charge >= 0.3 is 23.2 Å². The van der Waals surface area contributed by atoms with Crippen molar-refractivity contribution in [1.82, 2.24) is 14.9 Å². The van der Waals surface area contributed by atoms with Crippen molar-refractivity contribution in [2.24, 2.45) is 0 Å². The maximum absolute atomic E-state index is 13.0. The highest BCUT2D eigenvalue weighted by molar-refractivity contribution is 6.30. The van der Waals surface area contributed by atoms with Gasteiger partial charge in [0.05, 0.1) is 12.1 Å². The molecule has 2 N–H and O–H groups in total. The van der Waals surface area contributed by atoms with Crippen LogP contribution in [0, 0.1) is 0 Å². The topological polar surface area (TPSA) is 95.3 Å². The Morgan fingerprint density at radius 1 is 1.03 bits per heavy atom. The third-order valence-corrected chi connectivity index (χ3v) is 4.41. The SMILES string of the molecule is O=C(N(CCOc1cccc2[nH]c(=O)c(=O)[nH]c12)Cc1ccc(Cl)cc1)C(F)(F)F. The minimum atomic E-state index is -5.05. The number of carbonyl (C=O) groups is 1. The highest BCUT2D eigenvalue weighted by Crippen LogP contribution is 2.22. The Morgan fingerprint density at radius 3 is 2.37 bits per heavy atom. The maximum Gasteiger partial charge on any atom is 0.471 e. The van der Waals surface area contributed by atoms with Crippen LogP contribution in [0.5, 0.6) is 5.75 Å². The summed E-state index contributed by atoms with van der Waals surface area (Å²) in [6.07, 6.45) is -5.05. The van der Waals surface area contributed by atoms with Gasteiger partial charge in [0.2, 0.25) is 0 Å². The summed E-state index contributed by atoms with van der Waals surface area (Å²) in [6.45, 7) is -0.945. The molecule has 0 bridgehead atoms. The van der Waals surface area contributed by atoms with Gasteiger partial charge in [-0.2, -0.15) is 13.2 Å². The second-order valence-electron chi connectivity index (χ2n) is 6.29. The van der Waals surface area contributed by atoms with Gasteiger partial charge in [0.15, 0.2) is 0 Å². The van der Waals surface area contributed by atoms with Crippen molar-refractivity contribution < 1.29 is 22.7 Å². The van der Waals surface area contributed by atoms with Crippen molar-refractivity contribution in [3.63, 3.8) is 0 Å². The van der Waals surface area contributed by atoms with Crippen LogP contribution >= 0.6 is 11.6 Å². The number of benzene rings is 2. The molecular weight excluding hydrogens is 427 g/mol. The number of H-pyrrole nitrogens is 2. The van der Waals surface area contributed by atoms with E-state index < -0.39 is 23.2 Å². The zero-order valence-corrected chi connectivity index (χ0v) is 16.0. The molecule has 0 aliphatic rings. The van der Waals surface area contributed by atoms with Gasteiger partial charge in [-0.15, -0.1) is 0 Å². The van der Waals surface area contributed by atoms with E-state index in [1.807, 2.05) is 0 Å². The molecule has 0 unspecified atom stereocenters. The summed E-state index contributed by atoms with van der Waals surface area (Å²) < 4.78 is 44.4. The van der Waals surface area contributed by atoms with Crippen molar-refractivity contribution >= 4 is 28.5 Å². The number of carbonyl (C=O) groups excluding carboxylic acids is 1. The van der Waals surface area contributed by atoms with E-state index in [0.29, 0.717) is 21.0 Å². The Kier molecular flexibility index (Phi) is 6.16. The minimum Gasteiger partial charge on any atom is -0.489 e. The first-order valence-electron chi connectivity index (χ1n) is 8.64. The van der Waals surface area contributed by atoms with Gasteiger partial charge in [-0.25, -0.2) is 0 Å². The molecule has 1 amide bonds. The molecule has 11 heteroatoms. The van der Waals surface area contributed by atoms with Gasteiger partial charge in [0, 0.05) is 11.6 Å². The smallest absolute Gasteiger partial charge is 0.471 e. The van der Waals surface area contributed by atoms with Crippen LogP contribution in [0.25, 0.3) is 11.0 Å². The number of ether oxygens (including phenoxy) is 1. The lowest BCUT2D eigenvalue weighted by Gasteiger charge is -2.24. The summed E-state index contributed by atoms with van der Waals surface area (Å²) in [5.74, 6) is -1.86. The maximum atomic E-state index is 13.0. The summed E-state index contributed by atoms with van der Waals surface area (Å²) in [5.41, 5.74) is -0.793. The summed E-state index contributed by atoms with van der Waals surface area (Å²) >= 11 is 5.78. The molecule has 0 atom stereocenters. The van der Waals surface area contributed by atoms with Crippen LogP contribution in [0.15, 0.2) is 52.1 Å². The second-order valence-corrected chi connectivity index (χ2v) is 6.72. The molecule has 7 nitrogen and oxygen atoms in total. The van der Waals surface area contributed by atoms with Crippen molar-refractivity contribution in [2.45, 2.75) is 12.7 Å². The molecule has 1 aromatic heterocycles. The Morgan fingerprint density at radius 2 is 1.70 bits per heavy atom. The number of nitrogens with zero attached hydrogens (tertiary/aromatic N) is 1. The summed E-state index contributed by atoms with van der Waals surface area (Å²) in [4.78, 5) is 40.1. The average molecular weight is 442 g/mol. The van der Waals surface area contributed by atoms with Crippen molar-refractivity contribution in [3.05, 3.63) is 73.8 Å². The van der Waals surface area contributed by atoms with Crippen LogP contribution in [0.2, 0.25) is 5.02 Å². The average Bonchev–Trinajstić information content (AvgIpc) is 2.69. The lowest BCUT2D eigenvalue weighted by atomic mass is 10.2. The largest absolute Gasteiger partial charge is 0.489 e. The highest BCUT2D eigenvalue weighted by atomic mass is 35.5. The van der Waals surface area contributed by atoms with Gasteiger partial charge in [-0.1, -0.05) is 29.8 Å². The molecule has 0 saturated carbocycles. The number of rotatable bonds is 6. The molecule has 3 aromatic rings. The predicted octanol–water partition coefficient (Wildman–Crippen LogP) is 2.84. The third kappa shape index (κ3) is 5.01. The molecule has 0 aliphatic carbocycles. The standard InChI is InChI=1S/C19H15ClF3N3O4/c20-12-6-4-11(5-7-12)10-26(18(29)19(21,22)23)8-9-30-14-3-1-2-13-15(14)25-17(28)16(27)24-13/h1-7H,8-10H2,(H,24,27)(H,25,28). The van der Waals surface area contributed by atoms with Crippen LogP contribution < -0.4 is 15.9 Å². The number of hydrogen-bond donors (Lipinski definition) is 2. The Balaban J connectivity index is 1.77. The Bertz CT molecular complexity index is 1170. The Labute approximate surface area is 172 Å². The van der Waals surface area contributed by atoms with E-state index in [4.69, 9.17) is 16.3 Å². The lowest BCUT2D eigenvalue weighted by Crippen LogP contribution is -2.42. The molecule has 2 aromatic carbocycles. The van der Waals surface area contributed by atoms with Gasteiger partial charge in [-0.3, -0.25) is 14.4 Å². The van der Waals surface area contributed by atoms with Crippen LogP contribution in [0.3, 0.4) is 0 Å². The van der Waals surface area contributed by atoms with Crippen LogP contribution in [-0.2, 0) is 11.3 Å². The Hall–Kier alpha value is -3.27. The second kappa shape index (κ2) is 8.62. The first kappa shape index (κ1) is 21.4. The number of aromatic amines is 2. The van der Waals surface area contributed by atoms with Gasteiger partial charge < -0.3 is 19.6 Å². The van der Waals surface area contributed by atoms with E-state index in [0.717, 1.165) is 0 Å². The molecule has 0 saturated heterocycles. The van der Waals surface area contributed by atoms with Crippen molar-refractivity contribution in [2.75, 3.05) is 13.2 Å². The molecular formula is C19H15ClF3N3O4. The molecule has 0 radical (unpaired) electrons. The van der Waals surface area contributed by atoms with Gasteiger partial charge in [0.25, 0.3) is 0 Å². The lowest BCUT2D eigenvalue weighted by molar-refractivity contribution is -0.186. The van der Waals surface area contributed by atoms with E-state index >= 15 is 0 Å². The number of hydrogen-bond acceptors (Lipinski definition) is 4. The number of halogens is 4. The fraction of sp³-hybridized carbons (Fsp3) is 0.211. The van der Waals surface area contributed by atoms with Crippen LogP contribution in [0.4, 0.5) is 13.2 Å². The monoisotopic (exact) mass is 441 g/mol. The third-order valence-electron chi connectivity index (χ3n) is 4.15. The summed E-state index contributed by atoms with van der Waals surface area (Å²) in [7, 11) is 0.